The summed E-state index contributed by atoms with van der Waals surface area (Å²) in [6.07, 6.45) is 2.53. The number of hydrogen-bond donors (Lipinski definition) is 1. The molecule has 0 spiro atoms. The zero-order valence-electron chi connectivity index (χ0n) is 11.3. The summed E-state index contributed by atoms with van der Waals surface area (Å²) in [7, 11) is 0. The molecule has 1 aromatic rings. The van der Waals surface area contributed by atoms with Crippen LogP contribution in [0, 0.1) is 12.8 Å². The van der Waals surface area contributed by atoms with Crippen LogP contribution in [0.5, 0.6) is 0 Å². The molecule has 2 unspecified atom stereocenters. The maximum atomic E-state index is 5.92. The van der Waals surface area contributed by atoms with Crippen molar-refractivity contribution in [2.24, 2.45) is 11.7 Å². The van der Waals surface area contributed by atoms with E-state index in [1.54, 1.807) is 0 Å². The van der Waals surface area contributed by atoms with Crippen molar-refractivity contribution in [3.63, 3.8) is 0 Å². The first-order valence-electron chi connectivity index (χ1n) is 6.79. The van der Waals surface area contributed by atoms with E-state index in [0.29, 0.717) is 6.04 Å². The summed E-state index contributed by atoms with van der Waals surface area (Å²) in [5.41, 5.74) is 8.59. The smallest absolute Gasteiger partial charge is 0.0248 e. The second kappa shape index (κ2) is 6.18. The van der Waals surface area contributed by atoms with Crippen LogP contribution < -0.4 is 5.73 Å². The molecule has 1 saturated heterocycles. The quantitative estimate of drug-likeness (QED) is 0.928. The van der Waals surface area contributed by atoms with Crippen molar-refractivity contribution in [2.45, 2.75) is 39.3 Å². The predicted molar refractivity (Wildman–Crippen MR) is 80.5 cm³/mol. The van der Waals surface area contributed by atoms with E-state index in [1.165, 1.54) is 35.0 Å². The number of halogens is 1. The molecular formula is C15H23BrN2. The molecule has 0 amide bonds. The van der Waals surface area contributed by atoms with Crippen molar-refractivity contribution in [1.82, 2.24) is 4.90 Å². The molecule has 2 atom stereocenters. The Labute approximate surface area is 119 Å². The van der Waals surface area contributed by atoms with Crippen LogP contribution in [0.25, 0.3) is 0 Å². The first-order chi connectivity index (χ1) is 8.60. The minimum atomic E-state index is 0.543. The highest BCUT2D eigenvalue weighted by Crippen LogP contribution is 2.26. The molecule has 0 aliphatic carbocycles. The second-order valence-corrected chi connectivity index (χ2v) is 6.44. The van der Waals surface area contributed by atoms with Gasteiger partial charge < -0.3 is 5.73 Å². The van der Waals surface area contributed by atoms with Gasteiger partial charge in [0, 0.05) is 23.6 Å². The van der Waals surface area contributed by atoms with Crippen LogP contribution in [-0.2, 0) is 6.54 Å². The van der Waals surface area contributed by atoms with Gasteiger partial charge in [0.05, 0.1) is 0 Å². The highest BCUT2D eigenvalue weighted by molar-refractivity contribution is 9.10. The lowest BCUT2D eigenvalue weighted by Crippen LogP contribution is -2.45. The van der Waals surface area contributed by atoms with Gasteiger partial charge in [-0.25, -0.2) is 0 Å². The molecule has 2 N–H and O–H groups in total. The Kier molecular flexibility index (Phi) is 4.82. The summed E-state index contributed by atoms with van der Waals surface area (Å²) in [5.74, 6) is 0.816. The third-order valence-corrected chi connectivity index (χ3v) is 4.69. The molecule has 0 aromatic heterocycles. The average molecular weight is 311 g/mol. The van der Waals surface area contributed by atoms with Crippen LogP contribution in [-0.4, -0.2) is 24.0 Å². The van der Waals surface area contributed by atoms with Crippen LogP contribution in [0.15, 0.2) is 22.7 Å². The number of benzene rings is 1. The highest BCUT2D eigenvalue weighted by Gasteiger charge is 2.25. The average Bonchev–Trinajstić information content (AvgIpc) is 2.34. The molecule has 1 heterocycles. The normalized spacial score (nSPS) is 25.3. The number of nitrogens with two attached hydrogens (primary N) is 1. The van der Waals surface area contributed by atoms with Gasteiger partial charge in [-0.1, -0.05) is 35.0 Å². The molecule has 0 bridgehead atoms. The van der Waals surface area contributed by atoms with E-state index in [2.05, 4.69) is 52.9 Å². The van der Waals surface area contributed by atoms with E-state index < -0.39 is 0 Å². The first kappa shape index (κ1) is 14.0. The van der Waals surface area contributed by atoms with Crippen LogP contribution >= 0.6 is 15.9 Å². The maximum Gasteiger partial charge on any atom is 0.0248 e. The monoisotopic (exact) mass is 310 g/mol. The van der Waals surface area contributed by atoms with Gasteiger partial charge in [-0.15, -0.1) is 0 Å². The molecule has 0 radical (unpaired) electrons. The molecule has 2 rings (SSSR count). The third kappa shape index (κ3) is 3.34. The van der Waals surface area contributed by atoms with E-state index in [0.717, 1.165) is 19.0 Å². The Morgan fingerprint density at radius 2 is 2.22 bits per heavy atom. The van der Waals surface area contributed by atoms with Crippen molar-refractivity contribution in [1.29, 1.82) is 0 Å². The summed E-state index contributed by atoms with van der Waals surface area (Å²) < 4.78 is 1.22. The molecule has 0 saturated carbocycles. The Hall–Kier alpha value is -0.380. The second-order valence-electron chi connectivity index (χ2n) is 5.58. The number of hydrogen-bond acceptors (Lipinski definition) is 2. The van der Waals surface area contributed by atoms with Crippen LogP contribution in [0.3, 0.4) is 0 Å². The van der Waals surface area contributed by atoms with E-state index in [9.17, 15) is 0 Å². The van der Waals surface area contributed by atoms with Crippen LogP contribution in [0.2, 0.25) is 0 Å². The summed E-state index contributed by atoms with van der Waals surface area (Å²) in [5, 5.41) is 0. The maximum absolute atomic E-state index is 5.92. The van der Waals surface area contributed by atoms with E-state index in [4.69, 9.17) is 5.73 Å². The van der Waals surface area contributed by atoms with Crippen LogP contribution in [0.4, 0.5) is 0 Å². The summed E-state index contributed by atoms with van der Waals surface area (Å²) in [6.45, 7) is 7.41. The Bertz CT molecular complexity index is 405. The summed E-state index contributed by atoms with van der Waals surface area (Å²) in [4.78, 5) is 2.54. The number of nitrogens with zero attached hydrogens (tertiary/aromatic N) is 1. The first-order valence-corrected chi connectivity index (χ1v) is 7.58. The van der Waals surface area contributed by atoms with Gasteiger partial charge in [-0.2, -0.15) is 0 Å². The van der Waals surface area contributed by atoms with E-state index in [1.807, 2.05) is 0 Å². The molecule has 100 valence electrons. The fourth-order valence-electron chi connectivity index (χ4n) is 2.75. The molecule has 1 aliphatic heterocycles. The van der Waals surface area contributed by atoms with Gasteiger partial charge in [-0.3, -0.25) is 4.90 Å². The number of aryl methyl sites for hydroxylation is 1. The summed E-state index contributed by atoms with van der Waals surface area (Å²) >= 11 is 3.67. The van der Waals surface area contributed by atoms with Gasteiger partial charge in [0.1, 0.15) is 0 Å². The van der Waals surface area contributed by atoms with Gasteiger partial charge in [-0.05, 0) is 49.4 Å². The zero-order chi connectivity index (χ0) is 13.1. The largest absolute Gasteiger partial charge is 0.329 e. The van der Waals surface area contributed by atoms with Crippen molar-refractivity contribution >= 4 is 15.9 Å². The topological polar surface area (TPSA) is 29.3 Å². The molecule has 1 aliphatic rings. The molecule has 3 heteroatoms. The third-order valence-electron chi connectivity index (χ3n) is 3.95. The molecule has 1 aromatic carbocycles. The van der Waals surface area contributed by atoms with Crippen molar-refractivity contribution < 1.29 is 0 Å². The van der Waals surface area contributed by atoms with Crippen molar-refractivity contribution in [3.05, 3.63) is 33.8 Å². The van der Waals surface area contributed by atoms with Crippen molar-refractivity contribution in [2.75, 3.05) is 13.1 Å². The van der Waals surface area contributed by atoms with Gasteiger partial charge >= 0.3 is 0 Å². The van der Waals surface area contributed by atoms with E-state index >= 15 is 0 Å². The lowest BCUT2D eigenvalue weighted by molar-refractivity contribution is 0.115. The number of rotatable bonds is 3. The SMILES string of the molecule is Cc1ccc(CN2CCC(C)CC2CN)c(Br)c1. The minimum Gasteiger partial charge on any atom is -0.329 e. The molecule has 1 fully saturated rings. The fourth-order valence-corrected chi connectivity index (χ4v) is 3.37. The van der Waals surface area contributed by atoms with Gasteiger partial charge in [0.25, 0.3) is 0 Å². The van der Waals surface area contributed by atoms with Gasteiger partial charge in [0.2, 0.25) is 0 Å². The number of likely N-dealkylation sites (tertiary alicyclic amines) is 1. The van der Waals surface area contributed by atoms with Crippen LogP contribution in [0.1, 0.15) is 30.9 Å². The Balaban J connectivity index is 2.07. The van der Waals surface area contributed by atoms with E-state index in [-0.39, 0.29) is 0 Å². The van der Waals surface area contributed by atoms with Gasteiger partial charge in [0.15, 0.2) is 0 Å². The Morgan fingerprint density at radius 1 is 1.44 bits per heavy atom. The molecular weight excluding hydrogens is 288 g/mol. The number of piperidine rings is 1. The minimum absolute atomic E-state index is 0.543. The highest BCUT2D eigenvalue weighted by atomic mass is 79.9. The lowest BCUT2D eigenvalue weighted by Gasteiger charge is -2.38. The molecule has 18 heavy (non-hydrogen) atoms. The summed E-state index contributed by atoms with van der Waals surface area (Å²) in [6, 6.07) is 7.15. The molecule has 2 nitrogen and oxygen atoms in total. The Morgan fingerprint density at radius 3 is 2.89 bits per heavy atom. The zero-order valence-corrected chi connectivity index (χ0v) is 12.9. The lowest BCUT2D eigenvalue weighted by atomic mass is 9.92. The fraction of sp³-hybridized carbons (Fsp3) is 0.600. The van der Waals surface area contributed by atoms with Crippen molar-refractivity contribution in [3.8, 4) is 0 Å². The predicted octanol–water partition coefficient (Wildman–Crippen LogP) is 3.32. The standard InChI is InChI=1S/C15H23BrN2/c1-11-3-4-13(15(16)8-11)10-18-6-5-12(2)7-14(18)9-17/h3-4,8,12,14H,5-7,9-10,17H2,1-2H3.